The molecular weight excluding hydrogens is 260 g/mol. The number of likely N-dealkylation sites (N-methyl/N-ethyl adjacent to an activating group) is 1. The van der Waals surface area contributed by atoms with E-state index in [1.165, 1.54) is 44.3 Å². The molecule has 1 N–H and O–H groups in total. The van der Waals surface area contributed by atoms with Crippen LogP contribution in [-0.2, 0) is 13.5 Å². The molecule has 4 heteroatoms. The summed E-state index contributed by atoms with van der Waals surface area (Å²) in [5, 5.41) is 8.01. The Hall–Kier alpha value is -0.870. The van der Waals surface area contributed by atoms with Gasteiger partial charge in [-0.3, -0.25) is 9.58 Å². The lowest BCUT2D eigenvalue weighted by molar-refractivity contribution is 0.0588. The zero-order valence-corrected chi connectivity index (χ0v) is 14.2. The largest absolute Gasteiger partial charge is 0.312 e. The zero-order valence-electron chi connectivity index (χ0n) is 14.2. The molecule has 1 aromatic rings. The van der Waals surface area contributed by atoms with Crippen LogP contribution in [0.4, 0.5) is 0 Å². The van der Waals surface area contributed by atoms with Crippen LogP contribution in [-0.4, -0.2) is 45.9 Å². The van der Waals surface area contributed by atoms with Gasteiger partial charge in [0, 0.05) is 24.8 Å². The lowest BCUT2D eigenvalue weighted by atomic mass is 9.86. The molecule has 0 saturated carbocycles. The van der Waals surface area contributed by atoms with Gasteiger partial charge in [-0.05, 0) is 64.7 Å². The lowest BCUT2D eigenvalue weighted by Gasteiger charge is -2.46. The minimum absolute atomic E-state index is 0.221. The normalized spacial score (nSPS) is 18.9. The van der Waals surface area contributed by atoms with E-state index >= 15 is 0 Å². The van der Waals surface area contributed by atoms with Gasteiger partial charge in [-0.15, -0.1) is 0 Å². The summed E-state index contributed by atoms with van der Waals surface area (Å²) in [6.07, 6.45) is 10.5. The van der Waals surface area contributed by atoms with Crippen LogP contribution in [0.2, 0.25) is 0 Å². The molecule has 1 aliphatic rings. The van der Waals surface area contributed by atoms with Crippen LogP contribution in [0.15, 0.2) is 12.4 Å². The Labute approximate surface area is 129 Å². The number of aryl methyl sites for hydroxylation is 2. The van der Waals surface area contributed by atoms with Crippen molar-refractivity contribution in [3.05, 3.63) is 18.0 Å². The predicted molar refractivity (Wildman–Crippen MR) is 88.5 cm³/mol. The van der Waals surface area contributed by atoms with Crippen LogP contribution in [0.5, 0.6) is 0 Å². The molecule has 0 radical (unpaired) electrons. The standard InChI is InChI=1S/C17H32N4/c1-5-18-16(10-9-15-13-19-20(4)14-15)17(2,3)21-11-7-6-8-12-21/h13-14,16,18H,5-12H2,1-4H3. The third-order valence-corrected chi connectivity index (χ3v) is 4.95. The first-order valence-corrected chi connectivity index (χ1v) is 8.50. The maximum absolute atomic E-state index is 4.28. The summed E-state index contributed by atoms with van der Waals surface area (Å²) < 4.78 is 1.90. The first kappa shape index (κ1) is 16.5. The molecule has 1 aromatic heterocycles. The van der Waals surface area contributed by atoms with Gasteiger partial charge in [0.2, 0.25) is 0 Å². The number of rotatable bonds is 7. The third-order valence-electron chi connectivity index (χ3n) is 4.95. The highest BCUT2D eigenvalue weighted by atomic mass is 15.2. The van der Waals surface area contributed by atoms with Gasteiger partial charge in [0.25, 0.3) is 0 Å². The van der Waals surface area contributed by atoms with Crippen molar-refractivity contribution < 1.29 is 0 Å². The number of likely N-dealkylation sites (tertiary alicyclic amines) is 1. The van der Waals surface area contributed by atoms with E-state index in [-0.39, 0.29) is 5.54 Å². The van der Waals surface area contributed by atoms with Gasteiger partial charge in [-0.2, -0.15) is 5.10 Å². The fraction of sp³-hybridized carbons (Fsp3) is 0.824. The lowest BCUT2D eigenvalue weighted by Crippen LogP contribution is -2.59. The summed E-state index contributed by atoms with van der Waals surface area (Å²) in [5.74, 6) is 0. The summed E-state index contributed by atoms with van der Waals surface area (Å²) in [7, 11) is 1.99. The van der Waals surface area contributed by atoms with E-state index in [4.69, 9.17) is 0 Å². The molecule has 0 amide bonds. The van der Waals surface area contributed by atoms with Crippen molar-refractivity contribution in [1.82, 2.24) is 20.0 Å². The highest BCUT2D eigenvalue weighted by Gasteiger charge is 2.35. The van der Waals surface area contributed by atoms with Crippen LogP contribution in [0.25, 0.3) is 0 Å². The first-order valence-electron chi connectivity index (χ1n) is 8.50. The van der Waals surface area contributed by atoms with E-state index in [1.807, 2.05) is 17.9 Å². The van der Waals surface area contributed by atoms with Crippen molar-refractivity contribution in [2.75, 3.05) is 19.6 Å². The van der Waals surface area contributed by atoms with E-state index < -0.39 is 0 Å². The second-order valence-electron chi connectivity index (χ2n) is 6.87. The van der Waals surface area contributed by atoms with Gasteiger partial charge in [0.1, 0.15) is 0 Å². The number of piperidine rings is 1. The molecule has 1 aliphatic heterocycles. The Bertz CT molecular complexity index is 418. The van der Waals surface area contributed by atoms with Gasteiger partial charge >= 0.3 is 0 Å². The van der Waals surface area contributed by atoms with Crippen LogP contribution in [0.1, 0.15) is 52.0 Å². The zero-order chi connectivity index (χ0) is 15.3. The van der Waals surface area contributed by atoms with Crippen LogP contribution in [0.3, 0.4) is 0 Å². The minimum atomic E-state index is 0.221. The van der Waals surface area contributed by atoms with Crippen molar-refractivity contribution in [2.24, 2.45) is 7.05 Å². The summed E-state index contributed by atoms with van der Waals surface area (Å²) >= 11 is 0. The maximum Gasteiger partial charge on any atom is 0.0521 e. The van der Waals surface area contributed by atoms with E-state index in [9.17, 15) is 0 Å². The molecule has 21 heavy (non-hydrogen) atoms. The molecule has 1 fully saturated rings. The molecule has 2 heterocycles. The number of nitrogens with one attached hydrogen (secondary N) is 1. The topological polar surface area (TPSA) is 33.1 Å². The monoisotopic (exact) mass is 292 g/mol. The molecule has 0 aliphatic carbocycles. The molecule has 1 atom stereocenters. The highest BCUT2D eigenvalue weighted by Crippen LogP contribution is 2.26. The summed E-state index contributed by atoms with van der Waals surface area (Å²) in [6, 6.07) is 0.529. The van der Waals surface area contributed by atoms with E-state index in [2.05, 4.69) is 42.3 Å². The molecule has 1 unspecified atom stereocenters. The van der Waals surface area contributed by atoms with Crippen molar-refractivity contribution >= 4 is 0 Å². The van der Waals surface area contributed by atoms with Gasteiger partial charge in [-0.1, -0.05) is 13.3 Å². The molecule has 0 spiro atoms. The van der Waals surface area contributed by atoms with E-state index in [1.54, 1.807) is 0 Å². The molecule has 2 rings (SSSR count). The Kier molecular flexibility index (Phi) is 5.82. The number of hydrogen-bond acceptors (Lipinski definition) is 3. The summed E-state index contributed by atoms with van der Waals surface area (Å²) in [4.78, 5) is 2.69. The third kappa shape index (κ3) is 4.30. The molecule has 120 valence electrons. The SMILES string of the molecule is CCNC(CCc1cnn(C)c1)C(C)(C)N1CCCCC1. The van der Waals surface area contributed by atoms with Gasteiger partial charge < -0.3 is 5.32 Å². The molecule has 0 bridgehead atoms. The number of nitrogens with zero attached hydrogens (tertiary/aromatic N) is 3. The van der Waals surface area contributed by atoms with Gasteiger partial charge in [-0.25, -0.2) is 0 Å². The van der Waals surface area contributed by atoms with Crippen LogP contribution in [0, 0.1) is 0 Å². The van der Waals surface area contributed by atoms with E-state index in [0.717, 1.165) is 13.0 Å². The fourth-order valence-corrected chi connectivity index (χ4v) is 3.55. The Morgan fingerprint density at radius 3 is 2.57 bits per heavy atom. The molecule has 0 aromatic carbocycles. The number of hydrogen-bond donors (Lipinski definition) is 1. The minimum Gasteiger partial charge on any atom is -0.312 e. The smallest absolute Gasteiger partial charge is 0.0521 e. The molecule has 1 saturated heterocycles. The number of aromatic nitrogens is 2. The van der Waals surface area contributed by atoms with Gasteiger partial charge in [0.05, 0.1) is 6.20 Å². The second kappa shape index (κ2) is 7.41. The van der Waals surface area contributed by atoms with Crippen LogP contribution < -0.4 is 5.32 Å². The molecular formula is C17H32N4. The van der Waals surface area contributed by atoms with Crippen molar-refractivity contribution in [2.45, 2.75) is 64.5 Å². The van der Waals surface area contributed by atoms with Crippen molar-refractivity contribution in [1.29, 1.82) is 0 Å². The average Bonchev–Trinajstić information content (AvgIpc) is 2.90. The predicted octanol–water partition coefficient (Wildman–Crippen LogP) is 2.60. The fourth-order valence-electron chi connectivity index (χ4n) is 3.55. The van der Waals surface area contributed by atoms with E-state index in [0.29, 0.717) is 6.04 Å². The average molecular weight is 292 g/mol. The summed E-state index contributed by atoms with van der Waals surface area (Å²) in [5.41, 5.74) is 1.56. The second-order valence-corrected chi connectivity index (χ2v) is 6.87. The quantitative estimate of drug-likeness (QED) is 0.838. The highest BCUT2D eigenvalue weighted by molar-refractivity contribution is 5.05. The van der Waals surface area contributed by atoms with Crippen LogP contribution >= 0.6 is 0 Å². The molecule has 4 nitrogen and oxygen atoms in total. The Balaban J connectivity index is 1.98. The first-order chi connectivity index (χ1) is 10.0. The van der Waals surface area contributed by atoms with Gasteiger partial charge in [0.15, 0.2) is 0 Å². The maximum atomic E-state index is 4.28. The van der Waals surface area contributed by atoms with Crippen molar-refractivity contribution in [3.63, 3.8) is 0 Å². The Morgan fingerprint density at radius 2 is 2.00 bits per heavy atom. The Morgan fingerprint density at radius 1 is 1.29 bits per heavy atom. The summed E-state index contributed by atoms with van der Waals surface area (Å²) in [6.45, 7) is 10.6. The van der Waals surface area contributed by atoms with Crippen molar-refractivity contribution in [3.8, 4) is 0 Å².